The second-order valence-electron chi connectivity index (χ2n) is 4.91. The van der Waals surface area contributed by atoms with Crippen LogP contribution < -0.4 is 15.8 Å². The number of nitrogens with one attached hydrogen (secondary N) is 1. The van der Waals surface area contributed by atoms with Crippen LogP contribution in [-0.4, -0.2) is 50.2 Å². The van der Waals surface area contributed by atoms with Crippen molar-refractivity contribution < 1.29 is 4.74 Å². The minimum absolute atomic E-state index is 0.0320. The number of hydrogen-bond donors (Lipinski definition) is 1. The lowest BCUT2D eigenvalue weighted by Crippen LogP contribution is -2.38. The van der Waals surface area contributed by atoms with Gasteiger partial charge in [0.15, 0.2) is 0 Å². The average Bonchev–Trinajstić information content (AvgIpc) is 2.45. The Balaban J connectivity index is 2.10. The first-order chi connectivity index (χ1) is 9.22. The molecule has 1 aromatic rings. The van der Waals surface area contributed by atoms with Gasteiger partial charge in [-0.3, -0.25) is 4.79 Å². The van der Waals surface area contributed by atoms with Crippen molar-refractivity contribution in [3.63, 3.8) is 0 Å². The molecule has 1 aromatic heterocycles. The Morgan fingerprint density at radius 1 is 1.63 bits per heavy atom. The van der Waals surface area contributed by atoms with Gasteiger partial charge in [0, 0.05) is 33.3 Å². The lowest BCUT2D eigenvalue weighted by Gasteiger charge is -2.24. The molecular weight excluding hydrogens is 244 g/mol. The molecule has 106 valence electrons. The van der Waals surface area contributed by atoms with Gasteiger partial charge in [0.25, 0.3) is 5.56 Å². The van der Waals surface area contributed by atoms with Gasteiger partial charge in [0.1, 0.15) is 0 Å². The highest BCUT2D eigenvalue weighted by Crippen LogP contribution is 2.14. The van der Waals surface area contributed by atoms with Crippen molar-refractivity contribution in [2.24, 2.45) is 0 Å². The molecule has 2 heterocycles. The first-order valence-corrected chi connectivity index (χ1v) is 6.72. The van der Waals surface area contributed by atoms with Gasteiger partial charge in [-0.25, -0.2) is 4.68 Å². The van der Waals surface area contributed by atoms with Crippen molar-refractivity contribution in [3.05, 3.63) is 22.6 Å². The Morgan fingerprint density at radius 3 is 3.11 bits per heavy atom. The smallest absolute Gasteiger partial charge is 0.269 e. The van der Waals surface area contributed by atoms with Crippen LogP contribution in [0.5, 0.6) is 0 Å². The first kappa shape index (κ1) is 14.0. The number of rotatable bonds is 5. The molecule has 0 amide bonds. The van der Waals surface area contributed by atoms with E-state index in [-0.39, 0.29) is 11.6 Å². The minimum Gasteiger partial charge on any atom is -0.383 e. The van der Waals surface area contributed by atoms with E-state index in [1.165, 1.54) is 0 Å². The van der Waals surface area contributed by atoms with Crippen LogP contribution in [0, 0.1) is 0 Å². The number of anilines is 1. The molecular formula is C13H22N4O2. The van der Waals surface area contributed by atoms with Gasteiger partial charge in [0.2, 0.25) is 0 Å². The molecule has 0 bridgehead atoms. The molecule has 1 aliphatic rings. The SMILES string of the molecule is COCCN(C)c1cnn([C@@H]2CCCNC2)c(=O)c1. The fourth-order valence-corrected chi connectivity index (χ4v) is 2.29. The van der Waals surface area contributed by atoms with Gasteiger partial charge < -0.3 is 15.0 Å². The maximum atomic E-state index is 12.1. The van der Waals surface area contributed by atoms with Crippen LogP contribution in [0.3, 0.4) is 0 Å². The van der Waals surface area contributed by atoms with Gasteiger partial charge in [0.05, 0.1) is 24.5 Å². The summed E-state index contributed by atoms with van der Waals surface area (Å²) in [5.74, 6) is 0. The van der Waals surface area contributed by atoms with E-state index in [2.05, 4.69) is 10.4 Å². The van der Waals surface area contributed by atoms with Crippen molar-refractivity contribution in [1.29, 1.82) is 0 Å². The Hall–Kier alpha value is -1.40. The molecule has 2 rings (SSSR count). The van der Waals surface area contributed by atoms with Crippen molar-refractivity contribution in [2.75, 3.05) is 45.3 Å². The zero-order valence-electron chi connectivity index (χ0n) is 11.6. The molecule has 0 spiro atoms. The summed E-state index contributed by atoms with van der Waals surface area (Å²) in [4.78, 5) is 14.1. The quantitative estimate of drug-likeness (QED) is 0.828. The highest BCUT2D eigenvalue weighted by atomic mass is 16.5. The van der Waals surface area contributed by atoms with Crippen LogP contribution in [0.4, 0.5) is 5.69 Å². The van der Waals surface area contributed by atoms with Crippen LogP contribution in [0.25, 0.3) is 0 Å². The highest BCUT2D eigenvalue weighted by molar-refractivity contribution is 5.41. The van der Waals surface area contributed by atoms with E-state index < -0.39 is 0 Å². The standard InChI is InChI=1S/C13H22N4O2/c1-16(6-7-19-2)12-8-13(18)17(15-10-12)11-4-3-5-14-9-11/h8,10-11,14H,3-7,9H2,1-2H3/t11-/m1/s1. The van der Waals surface area contributed by atoms with E-state index in [0.717, 1.165) is 38.2 Å². The molecule has 0 aromatic carbocycles. The molecule has 0 unspecified atom stereocenters. The largest absolute Gasteiger partial charge is 0.383 e. The summed E-state index contributed by atoms with van der Waals surface area (Å²) in [5, 5.41) is 7.61. The van der Waals surface area contributed by atoms with Gasteiger partial charge in [-0.1, -0.05) is 0 Å². The third-order valence-corrected chi connectivity index (χ3v) is 3.50. The lowest BCUT2D eigenvalue weighted by molar-refractivity contribution is 0.206. The maximum Gasteiger partial charge on any atom is 0.269 e. The average molecular weight is 266 g/mol. The van der Waals surface area contributed by atoms with Crippen LogP contribution in [0.2, 0.25) is 0 Å². The van der Waals surface area contributed by atoms with Crippen molar-refractivity contribution in [3.8, 4) is 0 Å². The summed E-state index contributed by atoms with van der Waals surface area (Å²) in [6.07, 6.45) is 3.86. The molecule has 6 nitrogen and oxygen atoms in total. The Labute approximate surface area is 113 Å². The molecule has 1 N–H and O–H groups in total. The molecule has 19 heavy (non-hydrogen) atoms. The fourth-order valence-electron chi connectivity index (χ4n) is 2.29. The Morgan fingerprint density at radius 2 is 2.47 bits per heavy atom. The normalized spacial score (nSPS) is 19.4. The summed E-state index contributed by atoms with van der Waals surface area (Å²) in [6, 6.07) is 1.83. The van der Waals surface area contributed by atoms with Crippen LogP contribution in [0.15, 0.2) is 17.1 Å². The monoisotopic (exact) mass is 266 g/mol. The highest BCUT2D eigenvalue weighted by Gasteiger charge is 2.17. The van der Waals surface area contributed by atoms with E-state index in [4.69, 9.17) is 4.74 Å². The van der Waals surface area contributed by atoms with Crippen LogP contribution >= 0.6 is 0 Å². The van der Waals surface area contributed by atoms with Crippen molar-refractivity contribution >= 4 is 5.69 Å². The number of nitrogens with zero attached hydrogens (tertiary/aromatic N) is 3. The molecule has 1 atom stereocenters. The third kappa shape index (κ3) is 3.54. The minimum atomic E-state index is -0.0320. The summed E-state index contributed by atoms with van der Waals surface area (Å²) in [5.41, 5.74) is 0.803. The molecule has 6 heteroatoms. The number of aromatic nitrogens is 2. The predicted molar refractivity (Wildman–Crippen MR) is 74.8 cm³/mol. The van der Waals surface area contributed by atoms with Gasteiger partial charge in [-0.15, -0.1) is 0 Å². The topological polar surface area (TPSA) is 59.4 Å². The molecule has 0 radical (unpaired) electrons. The lowest BCUT2D eigenvalue weighted by atomic mass is 10.1. The molecule has 1 fully saturated rings. The zero-order chi connectivity index (χ0) is 13.7. The van der Waals surface area contributed by atoms with Crippen molar-refractivity contribution in [1.82, 2.24) is 15.1 Å². The van der Waals surface area contributed by atoms with E-state index in [9.17, 15) is 4.79 Å². The van der Waals surface area contributed by atoms with Gasteiger partial charge in [-0.2, -0.15) is 5.10 Å². The molecule has 0 saturated carbocycles. The summed E-state index contributed by atoms with van der Waals surface area (Å²) in [6.45, 7) is 3.23. The molecule has 1 aliphatic heterocycles. The van der Waals surface area contributed by atoms with Crippen LogP contribution in [-0.2, 0) is 4.74 Å². The molecule has 0 aliphatic carbocycles. The number of piperidine rings is 1. The second kappa shape index (κ2) is 6.68. The third-order valence-electron chi connectivity index (χ3n) is 3.50. The first-order valence-electron chi connectivity index (χ1n) is 6.72. The maximum absolute atomic E-state index is 12.1. The molecule has 1 saturated heterocycles. The van der Waals surface area contributed by atoms with Gasteiger partial charge in [-0.05, 0) is 19.4 Å². The van der Waals surface area contributed by atoms with E-state index in [1.807, 2.05) is 11.9 Å². The van der Waals surface area contributed by atoms with Crippen molar-refractivity contribution in [2.45, 2.75) is 18.9 Å². The Kier molecular flexibility index (Phi) is 4.93. The number of hydrogen-bond acceptors (Lipinski definition) is 5. The summed E-state index contributed by atoms with van der Waals surface area (Å²) < 4.78 is 6.63. The number of ether oxygens (including phenoxy) is 1. The van der Waals surface area contributed by atoms with Crippen LogP contribution in [0.1, 0.15) is 18.9 Å². The van der Waals surface area contributed by atoms with E-state index in [1.54, 1.807) is 24.1 Å². The zero-order valence-corrected chi connectivity index (χ0v) is 11.6. The second-order valence-corrected chi connectivity index (χ2v) is 4.91. The Bertz CT molecular complexity index is 454. The number of methoxy groups -OCH3 is 1. The number of likely N-dealkylation sites (N-methyl/N-ethyl adjacent to an activating group) is 1. The van der Waals surface area contributed by atoms with Gasteiger partial charge >= 0.3 is 0 Å². The van der Waals surface area contributed by atoms with E-state index >= 15 is 0 Å². The predicted octanol–water partition coefficient (Wildman–Crippen LogP) is 0.250. The fraction of sp³-hybridized carbons (Fsp3) is 0.692. The summed E-state index contributed by atoms with van der Waals surface area (Å²) >= 11 is 0. The summed E-state index contributed by atoms with van der Waals surface area (Å²) in [7, 11) is 3.60. The van der Waals surface area contributed by atoms with E-state index in [0.29, 0.717) is 6.61 Å².